The number of halogens is 1. The molecule has 0 aliphatic heterocycles. The number of aryl methyl sites for hydroxylation is 1. The molecule has 1 aromatic heterocycles. The highest BCUT2D eigenvalue weighted by Crippen LogP contribution is 2.25. The van der Waals surface area contributed by atoms with Gasteiger partial charge in [-0.05, 0) is 45.4 Å². The van der Waals surface area contributed by atoms with E-state index in [1.807, 2.05) is 13.8 Å². The first-order valence-electron chi connectivity index (χ1n) is 7.99. The standard InChI is InChI=1S/C18H22ClN3O3/c1-5-20-16-8-13(19)7-14(11(16)3)18(24)21-9-15-12(4)22(25)10(2)6-17(15)23/h6-8,20,25H,5,9H2,1-4H3,(H,21,24). The van der Waals surface area contributed by atoms with Gasteiger partial charge >= 0.3 is 0 Å². The molecule has 0 atom stereocenters. The summed E-state index contributed by atoms with van der Waals surface area (Å²) >= 11 is 6.10. The Morgan fingerprint density at radius 2 is 1.92 bits per heavy atom. The molecule has 1 aromatic carbocycles. The molecule has 134 valence electrons. The van der Waals surface area contributed by atoms with Crippen molar-refractivity contribution in [3.05, 3.63) is 61.5 Å². The van der Waals surface area contributed by atoms with Gasteiger partial charge in [-0.15, -0.1) is 0 Å². The van der Waals surface area contributed by atoms with E-state index in [1.54, 1.807) is 26.0 Å². The number of carbonyl (C=O) groups excluding carboxylic acids is 1. The van der Waals surface area contributed by atoms with Crippen molar-refractivity contribution < 1.29 is 10.0 Å². The van der Waals surface area contributed by atoms with Crippen molar-refractivity contribution in [3.63, 3.8) is 0 Å². The summed E-state index contributed by atoms with van der Waals surface area (Å²) in [5.41, 5.74) is 2.98. The lowest BCUT2D eigenvalue weighted by Crippen LogP contribution is -2.29. The van der Waals surface area contributed by atoms with Crippen molar-refractivity contribution >= 4 is 23.2 Å². The maximum atomic E-state index is 12.6. The molecule has 0 aliphatic carbocycles. The van der Waals surface area contributed by atoms with Crippen LogP contribution in [0.1, 0.15) is 39.8 Å². The predicted octanol–water partition coefficient (Wildman–Crippen LogP) is 3.03. The molecule has 0 spiro atoms. The fourth-order valence-electron chi connectivity index (χ4n) is 2.68. The van der Waals surface area contributed by atoms with Crippen LogP contribution < -0.4 is 16.1 Å². The second-order valence-electron chi connectivity index (χ2n) is 5.86. The van der Waals surface area contributed by atoms with E-state index in [0.717, 1.165) is 16.0 Å². The minimum atomic E-state index is -0.331. The summed E-state index contributed by atoms with van der Waals surface area (Å²) in [5.74, 6) is -0.331. The van der Waals surface area contributed by atoms with E-state index in [2.05, 4.69) is 10.6 Å². The lowest BCUT2D eigenvalue weighted by atomic mass is 10.1. The SMILES string of the molecule is CCNc1cc(Cl)cc(C(=O)NCc2c(C)n(O)c(C)cc2=O)c1C. The van der Waals surface area contributed by atoms with Gasteiger partial charge in [-0.1, -0.05) is 11.6 Å². The van der Waals surface area contributed by atoms with E-state index in [9.17, 15) is 14.8 Å². The molecule has 0 bridgehead atoms. The third-order valence-corrected chi connectivity index (χ3v) is 4.35. The summed E-state index contributed by atoms with van der Waals surface area (Å²) in [5, 5.41) is 16.3. The second kappa shape index (κ2) is 7.61. The molecular weight excluding hydrogens is 342 g/mol. The summed E-state index contributed by atoms with van der Waals surface area (Å²) in [6, 6.07) is 4.70. The Morgan fingerprint density at radius 1 is 1.24 bits per heavy atom. The summed E-state index contributed by atoms with van der Waals surface area (Å²) in [4.78, 5) is 24.7. The van der Waals surface area contributed by atoms with Crippen LogP contribution in [0.25, 0.3) is 0 Å². The molecule has 6 nitrogen and oxygen atoms in total. The third kappa shape index (κ3) is 3.96. The Hall–Kier alpha value is -2.47. The molecule has 0 fully saturated rings. The van der Waals surface area contributed by atoms with Crippen molar-refractivity contribution in [2.75, 3.05) is 11.9 Å². The Balaban J connectivity index is 2.28. The zero-order chi connectivity index (χ0) is 18.7. The molecule has 1 amide bonds. The molecule has 1 heterocycles. The van der Waals surface area contributed by atoms with Gasteiger partial charge in [-0.25, -0.2) is 0 Å². The van der Waals surface area contributed by atoms with Crippen molar-refractivity contribution in [3.8, 4) is 0 Å². The van der Waals surface area contributed by atoms with Gasteiger partial charge in [0.05, 0.1) is 11.4 Å². The van der Waals surface area contributed by atoms with Crippen molar-refractivity contribution in [1.82, 2.24) is 10.0 Å². The minimum Gasteiger partial charge on any atom is -0.428 e. The third-order valence-electron chi connectivity index (χ3n) is 4.14. The fourth-order valence-corrected chi connectivity index (χ4v) is 2.89. The van der Waals surface area contributed by atoms with Gasteiger partial charge in [0.25, 0.3) is 5.91 Å². The Labute approximate surface area is 151 Å². The first-order valence-corrected chi connectivity index (χ1v) is 8.37. The summed E-state index contributed by atoms with van der Waals surface area (Å²) in [6.07, 6.45) is 0. The molecule has 0 unspecified atom stereocenters. The monoisotopic (exact) mass is 363 g/mol. The number of amides is 1. The van der Waals surface area contributed by atoms with Gasteiger partial charge in [-0.3, -0.25) is 9.59 Å². The highest BCUT2D eigenvalue weighted by atomic mass is 35.5. The van der Waals surface area contributed by atoms with E-state index in [-0.39, 0.29) is 17.9 Å². The maximum absolute atomic E-state index is 12.6. The lowest BCUT2D eigenvalue weighted by molar-refractivity contribution is 0.0949. The van der Waals surface area contributed by atoms with Crippen LogP contribution in [0.15, 0.2) is 23.0 Å². The Morgan fingerprint density at radius 3 is 2.56 bits per heavy atom. The predicted molar refractivity (Wildman–Crippen MR) is 98.9 cm³/mol. The van der Waals surface area contributed by atoms with Crippen LogP contribution in [0.5, 0.6) is 0 Å². The lowest BCUT2D eigenvalue weighted by Gasteiger charge is -2.15. The number of benzene rings is 1. The number of nitrogens with zero attached hydrogens (tertiary/aromatic N) is 1. The van der Waals surface area contributed by atoms with Gasteiger partial charge in [-0.2, -0.15) is 4.73 Å². The van der Waals surface area contributed by atoms with E-state index in [1.165, 1.54) is 6.07 Å². The summed E-state index contributed by atoms with van der Waals surface area (Å²) in [7, 11) is 0. The molecule has 3 N–H and O–H groups in total. The van der Waals surface area contributed by atoms with E-state index < -0.39 is 0 Å². The van der Waals surface area contributed by atoms with Crippen LogP contribution in [-0.4, -0.2) is 22.4 Å². The molecule has 0 aliphatic rings. The van der Waals surface area contributed by atoms with E-state index in [4.69, 9.17) is 11.6 Å². The normalized spacial score (nSPS) is 10.6. The van der Waals surface area contributed by atoms with Crippen LogP contribution >= 0.6 is 11.6 Å². The van der Waals surface area contributed by atoms with E-state index in [0.29, 0.717) is 34.1 Å². The van der Waals surface area contributed by atoms with Gasteiger partial charge in [0.15, 0.2) is 5.43 Å². The van der Waals surface area contributed by atoms with Crippen LogP contribution in [0.3, 0.4) is 0 Å². The molecule has 7 heteroatoms. The summed E-state index contributed by atoms with van der Waals surface area (Å²) in [6.45, 7) is 7.78. The smallest absolute Gasteiger partial charge is 0.251 e. The fraction of sp³-hybridized carbons (Fsp3) is 0.333. The molecule has 0 saturated carbocycles. The topological polar surface area (TPSA) is 83.4 Å². The molecular formula is C18H22ClN3O3. The first-order chi connectivity index (χ1) is 11.8. The number of carbonyl (C=O) groups is 1. The number of hydrogen-bond acceptors (Lipinski definition) is 4. The van der Waals surface area contributed by atoms with Crippen molar-refractivity contribution in [1.29, 1.82) is 0 Å². The van der Waals surface area contributed by atoms with Gasteiger partial charge in [0.1, 0.15) is 0 Å². The molecule has 0 radical (unpaired) electrons. The average molecular weight is 364 g/mol. The second-order valence-corrected chi connectivity index (χ2v) is 6.30. The molecule has 25 heavy (non-hydrogen) atoms. The largest absolute Gasteiger partial charge is 0.428 e. The number of nitrogens with one attached hydrogen (secondary N) is 2. The Kier molecular flexibility index (Phi) is 5.74. The highest BCUT2D eigenvalue weighted by Gasteiger charge is 2.15. The number of anilines is 1. The van der Waals surface area contributed by atoms with Crippen LogP contribution in [-0.2, 0) is 6.54 Å². The maximum Gasteiger partial charge on any atom is 0.251 e. The van der Waals surface area contributed by atoms with Gasteiger partial charge in [0.2, 0.25) is 0 Å². The first kappa shape index (κ1) is 18.9. The van der Waals surface area contributed by atoms with Crippen molar-refractivity contribution in [2.45, 2.75) is 34.2 Å². The molecule has 0 saturated heterocycles. The van der Waals surface area contributed by atoms with Crippen LogP contribution in [0.2, 0.25) is 5.02 Å². The van der Waals surface area contributed by atoms with Crippen molar-refractivity contribution in [2.24, 2.45) is 0 Å². The number of pyridine rings is 1. The average Bonchev–Trinajstić information content (AvgIpc) is 2.55. The quantitative estimate of drug-likeness (QED) is 0.713. The highest BCUT2D eigenvalue weighted by molar-refractivity contribution is 6.31. The zero-order valence-electron chi connectivity index (χ0n) is 14.7. The van der Waals surface area contributed by atoms with Gasteiger partial charge in [0, 0.05) is 41.0 Å². The minimum absolute atomic E-state index is 0.0207. The zero-order valence-corrected chi connectivity index (χ0v) is 15.5. The summed E-state index contributed by atoms with van der Waals surface area (Å²) < 4.78 is 0.941. The number of aromatic nitrogens is 1. The number of hydrogen-bond donors (Lipinski definition) is 3. The molecule has 2 rings (SSSR count). The van der Waals surface area contributed by atoms with Crippen LogP contribution in [0.4, 0.5) is 5.69 Å². The Bertz CT molecular complexity index is 875. The molecule has 2 aromatic rings. The van der Waals surface area contributed by atoms with Crippen LogP contribution in [0, 0.1) is 20.8 Å². The van der Waals surface area contributed by atoms with Gasteiger partial charge < -0.3 is 15.8 Å². The number of rotatable bonds is 5. The van der Waals surface area contributed by atoms with E-state index >= 15 is 0 Å².